The van der Waals surface area contributed by atoms with Gasteiger partial charge in [0.1, 0.15) is 10.6 Å². The highest BCUT2D eigenvalue weighted by Crippen LogP contribution is 2.27. The lowest BCUT2D eigenvalue weighted by molar-refractivity contribution is 0.0695. The number of carbonyl (C=O) groups is 1. The van der Waals surface area contributed by atoms with E-state index in [0.717, 1.165) is 6.20 Å². The largest absolute Gasteiger partial charge is 0.477 e. The van der Waals surface area contributed by atoms with Crippen molar-refractivity contribution >= 4 is 28.5 Å². The van der Waals surface area contributed by atoms with E-state index >= 15 is 0 Å². The molecule has 4 nitrogen and oxygen atoms in total. The van der Waals surface area contributed by atoms with Gasteiger partial charge in [-0.2, -0.15) is 0 Å². The van der Waals surface area contributed by atoms with Crippen molar-refractivity contribution in [1.82, 2.24) is 4.57 Å². The molecular formula is C12H8ClF2NO3. The van der Waals surface area contributed by atoms with Crippen LogP contribution in [-0.4, -0.2) is 15.6 Å². The first-order valence-electron chi connectivity index (χ1n) is 5.32. The van der Waals surface area contributed by atoms with E-state index in [1.165, 1.54) is 4.57 Å². The van der Waals surface area contributed by atoms with Crippen molar-refractivity contribution in [3.63, 3.8) is 0 Å². The first-order chi connectivity index (χ1) is 8.88. The van der Waals surface area contributed by atoms with Gasteiger partial charge in [0.05, 0.1) is 10.9 Å². The number of pyridine rings is 1. The fourth-order valence-electron chi connectivity index (χ4n) is 1.87. The number of halogens is 3. The number of nitrogens with zero attached hydrogens (tertiary/aromatic N) is 1. The number of fused-ring (bicyclic) bond motifs is 1. The molecule has 1 heterocycles. The Morgan fingerprint density at radius 2 is 2.11 bits per heavy atom. The molecule has 0 aliphatic heterocycles. The van der Waals surface area contributed by atoms with Crippen LogP contribution in [-0.2, 0) is 6.54 Å². The molecule has 0 aliphatic rings. The number of carboxylic acids is 1. The molecule has 1 aromatic carbocycles. The van der Waals surface area contributed by atoms with Crippen molar-refractivity contribution in [3.8, 4) is 0 Å². The highest BCUT2D eigenvalue weighted by molar-refractivity contribution is 6.35. The molecule has 0 spiro atoms. The molecule has 19 heavy (non-hydrogen) atoms. The lowest BCUT2D eigenvalue weighted by atomic mass is 10.1. The van der Waals surface area contributed by atoms with E-state index in [1.54, 1.807) is 6.92 Å². The summed E-state index contributed by atoms with van der Waals surface area (Å²) in [7, 11) is 0. The fourth-order valence-corrected chi connectivity index (χ4v) is 2.17. The fraction of sp³-hybridized carbons (Fsp3) is 0.167. The Morgan fingerprint density at radius 1 is 1.47 bits per heavy atom. The molecule has 0 saturated carbocycles. The van der Waals surface area contributed by atoms with E-state index in [2.05, 4.69) is 0 Å². The monoisotopic (exact) mass is 287 g/mol. The van der Waals surface area contributed by atoms with E-state index in [0.29, 0.717) is 6.07 Å². The maximum Gasteiger partial charge on any atom is 0.341 e. The second-order valence-corrected chi connectivity index (χ2v) is 4.22. The number of hydrogen-bond donors (Lipinski definition) is 1. The molecule has 2 rings (SSSR count). The van der Waals surface area contributed by atoms with Crippen LogP contribution in [0, 0.1) is 11.6 Å². The number of aryl methyl sites for hydroxylation is 1. The van der Waals surface area contributed by atoms with Gasteiger partial charge in [-0.25, -0.2) is 13.6 Å². The zero-order chi connectivity index (χ0) is 14.3. The summed E-state index contributed by atoms with van der Waals surface area (Å²) in [5, 5.41) is 8.13. The number of aromatic carboxylic acids is 1. The van der Waals surface area contributed by atoms with Gasteiger partial charge in [-0.15, -0.1) is 0 Å². The summed E-state index contributed by atoms with van der Waals surface area (Å²) in [6, 6.07) is 0.664. The summed E-state index contributed by atoms with van der Waals surface area (Å²) in [4.78, 5) is 22.9. The molecular weight excluding hydrogens is 280 g/mol. The van der Waals surface area contributed by atoms with Crippen molar-refractivity contribution in [3.05, 3.63) is 44.7 Å². The van der Waals surface area contributed by atoms with Gasteiger partial charge in [-0.1, -0.05) is 11.6 Å². The van der Waals surface area contributed by atoms with E-state index in [4.69, 9.17) is 16.7 Å². The Morgan fingerprint density at radius 3 is 2.63 bits per heavy atom. The summed E-state index contributed by atoms with van der Waals surface area (Å²) in [6.07, 6.45) is 1.07. The minimum Gasteiger partial charge on any atom is -0.477 e. The van der Waals surface area contributed by atoms with Gasteiger partial charge >= 0.3 is 5.97 Å². The normalized spacial score (nSPS) is 10.9. The van der Waals surface area contributed by atoms with Gasteiger partial charge in [0.15, 0.2) is 11.6 Å². The Kier molecular flexibility index (Phi) is 3.28. The highest BCUT2D eigenvalue weighted by Gasteiger charge is 2.20. The minimum atomic E-state index is -1.44. The first kappa shape index (κ1) is 13.5. The van der Waals surface area contributed by atoms with Gasteiger partial charge in [0.25, 0.3) is 0 Å². The highest BCUT2D eigenvalue weighted by atomic mass is 35.5. The number of carboxylic acid groups (broad SMARTS) is 1. The van der Waals surface area contributed by atoms with E-state index in [1.807, 2.05) is 0 Å². The van der Waals surface area contributed by atoms with E-state index < -0.39 is 33.6 Å². The third kappa shape index (κ3) is 1.98. The van der Waals surface area contributed by atoms with Crippen molar-refractivity contribution < 1.29 is 18.7 Å². The topological polar surface area (TPSA) is 59.3 Å². The summed E-state index contributed by atoms with van der Waals surface area (Å²) in [5.41, 5.74) is -1.43. The van der Waals surface area contributed by atoms with Crippen LogP contribution in [0.15, 0.2) is 17.1 Å². The maximum absolute atomic E-state index is 13.4. The third-order valence-electron chi connectivity index (χ3n) is 2.77. The van der Waals surface area contributed by atoms with Crippen molar-refractivity contribution in [1.29, 1.82) is 0 Å². The molecule has 0 aliphatic carbocycles. The Balaban J connectivity index is 3.08. The van der Waals surface area contributed by atoms with Gasteiger partial charge < -0.3 is 9.67 Å². The second kappa shape index (κ2) is 4.62. The SMILES string of the molecule is CCn1cc(C(=O)O)c(=O)c2cc(F)c(F)c(Cl)c21. The van der Waals surface area contributed by atoms with Gasteiger partial charge in [0.2, 0.25) is 5.43 Å². The van der Waals surface area contributed by atoms with Crippen LogP contribution in [0.5, 0.6) is 0 Å². The zero-order valence-corrected chi connectivity index (χ0v) is 10.5. The Bertz CT molecular complexity index is 755. The summed E-state index contributed by atoms with van der Waals surface area (Å²) >= 11 is 5.70. The molecule has 0 radical (unpaired) electrons. The predicted molar refractivity (Wildman–Crippen MR) is 65.8 cm³/mol. The summed E-state index contributed by atoms with van der Waals surface area (Å²) < 4.78 is 28.0. The molecule has 0 saturated heterocycles. The number of hydrogen-bond acceptors (Lipinski definition) is 2. The lowest BCUT2D eigenvalue weighted by Gasteiger charge is -2.12. The van der Waals surface area contributed by atoms with Crippen molar-refractivity contribution in [2.45, 2.75) is 13.5 Å². The van der Waals surface area contributed by atoms with Gasteiger partial charge in [-0.05, 0) is 13.0 Å². The Hall–Kier alpha value is -1.95. The minimum absolute atomic E-state index is 0.0157. The maximum atomic E-state index is 13.4. The van der Waals surface area contributed by atoms with Crippen LogP contribution in [0.4, 0.5) is 8.78 Å². The molecule has 100 valence electrons. The standard InChI is InChI=1S/C12H8ClF2NO3/c1-2-16-4-6(12(18)19)11(17)5-3-7(14)9(15)8(13)10(5)16/h3-4H,2H2,1H3,(H,18,19). The summed E-state index contributed by atoms with van der Waals surface area (Å²) in [6.45, 7) is 1.91. The Labute approximate surface area is 110 Å². The molecule has 0 fully saturated rings. The van der Waals surface area contributed by atoms with E-state index in [-0.39, 0.29) is 17.4 Å². The zero-order valence-electron chi connectivity index (χ0n) is 9.71. The second-order valence-electron chi connectivity index (χ2n) is 3.85. The molecule has 7 heteroatoms. The third-order valence-corrected chi connectivity index (χ3v) is 3.11. The number of benzene rings is 1. The van der Waals surface area contributed by atoms with Crippen LogP contribution in [0.1, 0.15) is 17.3 Å². The number of rotatable bonds is 2. The predicted octanol–water partition coefficient (Wildman–Crippen LogP) is 2.65. The number of aromatic nitrogens is 1. The van der Waals surface area contributed by atoms with Gasteiger partial charge in [-0.3, -0.25) is 4.79 Å². The molecule has 2 aromatic rings. The van der Waals surface area contributed by atoms with Gasteiger partial charge in [0, 0.05) is 12.7 Å². The molecule has 1 N–H and O–H groups in total. The van der Waals surface area contributed by atoms with Crippen LogP contribution in [0.2, 0.25) is 5.02 Å². The smallest absolute Gasteiger partial charge is 0.341 e. The van der Waals surface area contributed by atoms with E-state index in [9.17, 15) is 18.4 Å². The average Bonchev–Trinajstić information content (AvgIpc) is 2.37. The molecule has 0 amide bonds. The molecule has 0 bridgehead atoms. The average molecular weight is 288 g/mol. The quantitative estimate of drug-likeness (QED) is 0.864. The van der Waals surface area contributed by atoms with Crippen molar-refractivity contribution in [2.75, 3.05) is 0 Å². The molecule has 1 aromatic heterocycles. The molecule has 0 atom stereocenters. The van der Waals surface area contributed by atoms with Crippen LogP contribution in [0.25, 0.3) is 10.9 Å². The molecule has 0 unspecified atom stereocenters. The van der Waals surface area contributed by atoms with Crippen LogP contribution < -0.4 is 5.43 Å². The van der Waals surface area contributed by atoms with Crippen LogP contribution >= 0.6 is 11.6 Å². The lowest BCUT2D eigenvalue weighted by Crippen LogP contribution is -2.19. The van der Waals surface area contributed by atoms with Crippen LogP contribution in [0.3, 0.4) is 0 Å². The van der Waals surface area contributed by atoms with Crippen molar-refractivity contribution in [2.24, 2.45) is 0 Å². The summed E-state index contributed by atoms with van der Waals surface area (Å²) in [5.74, 6) is -3.99. The first-order valence-corrected chi connectivity index (χ1v) is 5.70.